The molecule has 3 nitrogen and oxygen atoms in total. The minimum atomic E-state index is -0.894. The van der Waals surface area contributed by atoms with Gasteiger partial charge in [-0.25, -0.2) is 4.79 Å². The number of nitrogens with zero attached hydrogens (tertiary/aromatic N) is 1. The summed E-state index contributed by atoms with van der Waals surface area (Å²) in [5.74, 6) is -0.894. The number of carboxylic acid groups (broad SMARTS) is 1. The van der Waals surface area contributed by atoms with Gasteiger partial charge in [-0.3, -0.25) is 4.98 Å². The molecule has 90 valence electrons. The zero-order valence-corrected chi connectivity index (χ0v) is 10.6. The highest BCUT2D eigenvalue weighted by Crippen LogP contribution is 2.22. The Bertz CT molecular complexity index is 547. The van der Waals surface area contributed by atoms with E-state index in [4.69, 9.17) is 5.11 Å². The lowest BCUT2D eigenvalue weighted by Crippen LogP contribution is -2.04. The van der Waals surface area contributed by atoms with Crippen molar-refractivity contribution in [1.29, 1.82) is 0 Å². The van der Waals surface area contributed by atoms with Crippen LogP contribution in [0.1, 0.15) is 35.5 Å². The molecule has 0 saturated carbocycles. The molecule has 0 saturated heterocycles. The van der Waals surface area contributed by atoms with Crippen LogP contribution in [0.4, 0.5) is 0 Å². The summed E-state index contributed by atoms with van der Waals surface area (Å²) in [5, 5.41) is 9.86. The molecular weight excluding hydrogens is 214 g/mol. The summed E-state index contributed by atoms with van der Waals surface area (Å²) in [4.78, 5) is 15.5. The fourth-order valence-electron chi connectivity index (χ4n) is 1.71. The van der Waals surface area contributed by atoms with Crippen molar-refractivity contribution in [3.8, 4) is 0 Å². The second-order valence-electron chi connectivity index (χ2n) is 3.52. The molecule has 0 aliphatic carbocycles. The van der Waals surface area contributed by atoms with Crippen molar-refractivity contribution >= 4 is 16.9 Å². The van der Waals surface area contributed by atoms with Crippen LogP contribution in [0.15, 0.2) is 24.3 Å². The van der Waals surface area contributed by atoms with Crippen molar-refractivity contribution < 1.29 is 9.90 Å². The number of aromatic carboxylic acids is 1. The molecule has 2 rings (SSSR count). The second-order valence-corrected chi connectivity index (χ2v) is 3.52. The van der Waals surface area contributed by atoms with E-state index in [0.717, 1.165) is 16.8 Å². The molecule has 17 heavy (non-hydrogen) atoms. The van der Waals surface area contributed by atoms with Gasteiger partial charge in [-0.15, -0.1) is 0 Å². The zero-order valence-electron chi connectivity index (χ0n) is 10.6. The average Bonchev–Trinajstić information content (AvgIpc) is 2.33. The van der Waals surface area contributed by atoms with Gasteiger partial charge in [0.1, 0.15) is 0 Å². The van der Waals surface area contributed by atoms with Crippen LogP contribution in [0, 0.1) is 13.8 Å². The van der Waals surface area contributed by atoms with Crippen LogP contribution in [-0.2, 0) is 0 Å². The summed E-state index contributed by atoms with van der Waals surface area (Å²) in [6, 6.07) is 7.30. The Morgan fingerprint density at radius 3 is 2.35 bits per heavy atom. The van der Waals surface area contributed by atoms with Gasteiger partial charge in [-0.2, -0.15) is 0 Å². The van der Waals surface area contributed by atoms with E-state index in [1.165, 1.54) is 0 Å². The first-order chi connectivity index (χ1) is 8.11. The largest absolute Gasteiger partial charge is 0.478 e. The minimum Gasteiger partial charge on any atom is -0.478 e. The van der Waals surface area contributed by atoms with E-state index in [2.05, 4.69) is 4.98 Å². The van der Waals surface area contributed by atoms with Crippen LogP contribution in [0.5, 0.6) is 0 Å². The first-order valence-corrected chi connectivity index (χ1v) is 5.70. The summed E-state index contributed by atoms with van der Waals surface area (Å²) in [7, 11) is 0. The van der Waals surface area contributed by atoms with Gasteiger partial charge in [0.2, 0.25) is 0 Å². The van der Waals surface area contributed by atoms with Crippen LogP contribution in [0.3, 0.4) is 0 Å². The second kappa shape index (κ2) is 5.43. The lowest BCUT2D eigenvalue weighted by atomic mass is 10.0. The molecule has 1 N–H and O–H groups in total. The molecule has 0 aliphatic heterocycles. The van der Waals surface area contributed by atoms with Gasteiger partial charge in [0.05, 0.1) is 11.1 Å². The number of pyridine rings is 1. The number of fused-ring (bicyclic) bond motifs is 1. The normalized spacial score (nSPS) is 9.65. The third-order valence-electron chi connectivity index (χ3n) is 2.59. The number of aromatic nitrogens is 1. The number of hydrogen-bond donors (Lipinski definition) is 1. The molecule has 0 radical (unpaired) electrons. The van der Waals surface area contributed by atoms with E-state index in [9.17, 15) is 4.79 Å². The SMILES string of the molecule is CC.Cc1nc2ccccc2c(C(=O)O)c1C. The highest BCUT2D eigenvalue weighted by atomic mass is 16.4. The number of carboxylic acids is 1. The number of para-hydroxylation sites is 1. The van der Waals surface area contributed by atoms with E-state index in [-0.39, 0.29) is 0 Å². The molecule has 0 atom stereocenters. The van der Waals surface area contributed by atoms with Crippen LogP contribution >= 0.6 is 0 Å². The summed E-state index contributed by atoms with van der Waals surface area (Å²) >= 11 is 0. The minimum absolute atomic E-state index is 0.359. The van der Waals surface area contributed by atoms with Gasteiger partial charge < -0.3 is 5.11 Å². The lowest BCUT2D eigenvalue weighted by Gasteiger charge is -2.08. The first kappa shape index (κ1) is 13.2. The fourth-order valence-corrected chi connectivity index (χ4v) is 1.71. The van der Waals surface area contributed by atoms with Gasteiger partial charge in [0, 0.05) is 11.1 Å². The summed E-state index contributed by atoms with van der Waals surface area (Å²) in [6.45, 7) is 7.62. The van der Waals surface area contributed by atoms with E-state index in [1.807, 2.05) is 39.0 Å². The first-order valence-electron chi connectivity index (χ1n) is 5.70. The molecule has 0 amide bonds. The Morgan fingerprint density at radius 1 is 1.18 bits per heavy atom. The molecule has 2 aromatic rings. The number of aryl methyl sites for hydroxylation is 1. The molecule has 1 aromatic carbocycles. The van der Waals surface area contributed by atoms with E-state index in [1.54, 1.807) is 13.0 Å². The monoisotopic (exact) mass is 231 g/mol. The molecule has 1 aromatic heterocycles. The van der Waals surface area contributed by atoms with Crippen LogP contribution in [0.25, 0.3) is 10.9 Å². The average molecular weight is 231 g/mol. The summed E-state index contributed by atoms with van der Waals surface area (Å²) in [6.07, 6.45) is 0. The Balaban J connectivity index is 0.000000686. The molecule has 0 spiro atoms. The standard InChI is InChI=1S/C12H11NO2.C2H6/c1-7-8(2)13-10-6-4-3-5-9(10)11(7)12(14)15;1-2/h3-6H,1-2H3,(H,14,15);1-2H3. The van der Waals surface area contributed by atoms with Crippen molar-refractivity contribution in [1.82, 2.24) is 4.98 Å². The van der Waals surface area contributed by atoms with Crippen LogP contribution < -0.4 is 0 Å². The van der Waals surface area contributed by atoms with Crippen LogP contribution in [-0.4, -0.2) is 16.1 Å². The van der Waals surface area contributed by atoms with Gasteiger partial charge in [0.15, 0.2) is 0 Å². The van der Waals surface area contributed by atoms with Crippen LogP contribution in [0.2, 0.25) is 0 Å². The fraction of sp³-hybridized carbons (Fsp3) is 0.286. The van der Waals surface area contributed by atoms with Crippen molar-refractivity contribution in [2.75, 3.05) is 0 Å². The van der Waals surface area contributed by atoms with Crippen molar-refractivity contribution in [2.24, 2.45) is 0 Å². The summed E-state index contributed by atoms with van der Waals surface area (Å²) in [5.41, 5.74) is 2.60. The molecule has 0 fully saturated rings. The zero-order chi connectivity index (χ0) is 13.0. The highest BCUT2D eigenvalue weighted by Gasteiger charge is 2.14. The Labute approximate surface area is 101 Å². The predicted molar refractivity (Wildman–Crippen MR) is 69.5 cm³/mol. The molecule has 0 unspecified atom stereocenters. The smallest absolute Gasteiger partial charge is 0.336 e. The van der Waals surface area contributed by atoms with Gasteiger partial charge in [-0.1, -0.05) is 32.0 Å². The third-order valence-corrected chi connectivity index (χ3v) is 2.59. The van der Waals surface area contributed by atoms with Gasteiger partial charge in [-0.05, 0) is 25.5 Å². The predicted octanol–water partition coefficient (Wildman–Crippen LogP) is 3.58. The topological polar surface area (TPSA) is 50.2 Å². The Kier molecular flexibility index (Phi) is 4.21. The maximum Gasteiger partial charge on any atom is 0.336 e. The maximum atomic E-state index is 11.2. The number of carbonyl (C=O) groups is 1. The molecule has 0 aliphatic rings. The van der Waals surface area contributed by atoms with Crippen molar-refractivity contribution in [3.63, 3.8) is 0 Å². The number of hydrogen-bond acceptors (Lipinski definition) is 2. The summed E-state index contributed by atoms with van der Waals surface area (Å²) < 4.78 is 0. The number of rotatable bonds is 1. The molecule has 3 heteroatoms. The lowest BCUT2D eigenvalue weighted by molar-refractivity contribution is 0.0698. The quantitative estimate of drug-likeness (QED) is 0.816. The molecule has 0 bridgehead atoms. The molecule has 1 heterocycles. The molecular formula is C14H17NO2. The van der Waals surface area contributed by atoms with E-state index < -0.39 is 5.97 Å². The maximum absolute atomic E-state index is 11.2. The Morgan fingerprint density at radius 2 is 1.76 bits per heavy atom. The van der Waals surface area contributed by atoms with E-state index >= 15 is 0 Å². The van der Waals surface area contributed by atoms with E-state index in [0.29, 0.717) is 10.9 Å². The Hall–Kier alpha value is -1.90. The highest BCUT2D eigenvalue weighted by molar-refractivity contribution is 6.03. The number of benzene rings is 1. The van der Waals surface area contributed by atoms with Gasteiger partial charge in [0.25, 0.3) is 0 Å². The van der Waals surface area contributed by atoms with Crippen molar-refractivity contribution in [3.05, 3.63) is 41.1 Å². The third kappa shape index (κ3) is 2.44. The van der Waals surface area contributed by atoms with Gasteiger partial charge >= 0.3 is 5.97 Å². The van der Waals surface area contributed by atoms with Crippen molar-refractivity contribution in [2.45, 2.75) is 27.7 Å².